The van der Waals surface area contributed by atoms with Crippen LogP contribution in [0.4, 0.5) is 10.2 Å². The summed E-state index contributed by atoms with van der Waals surface area (Å²) in [4.78, 5) is 18.4. The summed E-state index contributed by atoms with van der Waals surface area (Å²) < 4.78 is 36.1. The van der Waals surface area contributed by atoms with Crippen LogP contribution in [0.3, 0.4) is 0 Å². The molecule has 0 bridgehead atoms. The number of sulfone groups is 1. The van der Waals surface area contributed by atoms with Crippen molar-refractivity contribution in [2.45, 2.75) is 18.9 Å². The maximum Gasteiger partial charge on any atom is 0.252 e. The number of benzene rings is 1. The van der Waals surface area contributed by atoms with Gasteiger partial charge in [-0.05, 0) is 42.7 Å². The molecule has 1 aromatic carbocycles. The lowest BCUT2D eigenvalue weighted by Crippen LogP contribution is -2.33. The zero-order valence-corrected chi connectivity index (χ0v) is 15.9. The highest BCUT2D eigenvalue weighted by atomic mass is 32.2. The predicted octanol–water partition coefficient (Wildman–Crippen LogP) is 1.82. The van der Waals surface area contributed by atoms with Gasteiger partial charge in [-0.2, -0.15) is 0 Å². The molecule has 1 amide bonds. The van der Waals surface area contributed by atoms with Gasteiger partial charge in [-0.25, -0.2) is 17.8 Å². The molecule has 1 saturated heterocycles. The van der Waals surface area contributed by atoms with E-state index < -0.39 is 9.84 Å². The molecule has 0 aliphatic carbocycles. The summed E-state index contributed by atoms with van der Waals surface area (Å²) in [6.07, 6.45) is 2.69. The lowest BCUT2D eigenvalue weighted by atomic mass is 10.1. The highest BCUT2D eigenvalue weighted by molar-refractivity contribution is 7.91. The molecule has 0 spiro atoms. The number of rotatable bonds is 6. The Labute approximate surface area is 158 Å². The van der Waals surface area contributed by atoms with Crippen LogP contribution in [-0.2, 0) is 16.3 Å². The molecule has 3 rings (SSSR count). The predicted molar refractivity (Wildman–Crippen MR) is 102 cm³/mol. The number of carbonyl (C=O) groups excluding carboxylic acids is 1. The molecule has 1 aliphatic rings. The first-order chi connectivity index (χ1) is 12.8. The first kappa shape index (κ1) is 19.3. The SMILES string of the molecule is CN(c1ccc(C(=O)NCCc2ccc(F)cc2)cn1)C1CCS(=O)(=O)C1. The molecule has 2 heterocycles. The maximum atomic E-state index is 12.9. The summed E-state index contributed by atoms with van der Waals surface area (Å²) in [5.41, 5.74) is 1.38. The van der Waals surface area contributed by atoms with Crippen LogP contribution in [0.2, 0.25) is 0 Å². The van der Waals surface area contributed by atoms with E-state index in [1.54, 1.807) is 24.3 Å². The Bertz CT molecular complexity index is 899. The summed E-state index contributed by atoms with van der Waals surface area (Å²) in [5.74, 6) is 0.462. The van der Waals surface area contributed by atoms with Crippen molar-refractivity contribution in [2.24, 2.45) is 0 Å². The number of hydrogen-bond acceptors (Lipinski definition) is 5. The Morgan fingerprint density at radius 2 is 2.00 bits per heavy atom. The fourth-order valence-corrected chi connectivity index (χ4v) is 4.84. The molecule has 1 atom stereocenters. The third kappa shape index (κ3) is 5.03. The summed E-state index contributed by atoms with van der Waals surface area (Å²) in [7, 11) is -1.14. The molecule has 2 aromatic rings. The van der Waals surface area contributed by atoms with E-state index in [0.29, 0.717) is 30.8 Å². The standard InChI is InChI=1S/C19H22FN3O3S/c1-23(17-9-11-27(25,26)13-17)18-7-4-15(12-22-18)19(24)21-10-8-14-2-5-16(20)6-3-14/h2-7,12,17H,8-11,13H2,1H3,(H,21,24). The van der Waals surface area contributed by atoms with Gasteiger partial charge in [0.15, 0.2) is 9.84 Å². The Kier molecular flexibility index (Phi) is 5.74. The summed E-state index contributed by atoms with van der Waals surface area (Å²) in [6, 6.07) is 9.49. The highest BCUT2D eigenvalue weighted by Crippen LogP contribution is 2.21. The number of carbonyl (C=O) groups is 1. The van der Waals surface area contributed by atoms with Crippen LogP contribution in [0, 0.1) is 5.82 Å². The lowest BCUT2D eigenvalue weighted by Gasteiger charge is -2.24. The molecular formula is C19H22FN3O3S. The van der Waals surface area contributed by atoms with Crippen molar-refractivity contribution in [3.8, 4) is 0 Å². The molecular weight excluding hydrogens is 369 g/mol. The first-order valence-electron chi connectivity index (χ1n) is 8.76. The molecule has 1 fully saturated rings. The highest BCUT2D eigenvalue weighted by Gasteiger charge is 2.31. The van der Waals surface area contributed by atoms with Crippen molar-refractivity contribution in [3.05, 3.63) is 59.5 Å². The number of hydrogen-bond donors (Lipinski definition) is 1. The average Bonchev–Trinajstić information content (AvgIpc) is 3.02. The van der Waals surface area contributed by atoms with Crippen molar-refractivity contribution in [1.29, 1.82) is 0 Å². The summed E-state index contributed by atoms with van der Waals surface area (Å²) in [5, 5.41) is 2.81. The van der Waals surface area contributed by atoms with Gasteiger partial charge >= 0.3 is 0 Å². The van der Waals surface area contributed by atoms with Crippen molar-refractivity contribution < 1.29 is 17.6 Å². The maximum absolute atomic E-state index is 12.9. The number of anilines is 1. The molecule has 0 radical (unpaired) electrons. The minimum Gasteiger partial charge on any atom is -0.356 e. The zero-order chi connectivity index (χ0) is 19.4. The Morgan fingerprint density at radius 3 is 2.59 bits per heavy atom. The number of aromatic nitrogens is 1. The Morgan fingerprint density at radius 1 is 1.26 bits per heavy atom. The van der Waals surface area contributed by atoms with Crippen LogP contribution < -0.4 is 10.2 Å². The zero-order valence-electron chi connectivity index (χ0n) is 15.1. The molecule has 8 heteroatoms. The van der Waals surface area contributed by atoms with Gasteiger partial charge in [0.25, 0.3) is 5.91 Å². The van der Waals surface area contributed by atoms with E-state index in [9.17, 15) is 17.6 Å². The molecule has 6 nitrogen and oxygen atoms in total. The van der Waals surface area contributed by atoms with Crippen LogP contribution in [0.5, 0.6) is 0 Å². The number of amides is 1. The van der Waals surface area contributed by atoms with Gasteiger partial charge < -0.3 is 10.2 Å². The summed E-state index contributed by atoms with van der Waals surface area (Å²) in [6.45, 7) is 0.437. The molecule has 1 aliphatic heterocycles. The van der Waals surface area contributed by atoms with Gasteiger partial charge in [0, 0.05) is 25.8 Å². The van der Waals surface area contributed by atoms with Crippen molar-refractivity contribution >= 4 is 21.6 Å². The van der Waals surface area contributed by atoms with Gasteiger partial charge in [-0.15, -0.1) is 0 Å². The largest absolute Gasteiger partial charge is 0.356 e. The van der Waals surface area contributed by atoms with Gasteiger partial charge in [-0.3, -0.25) is 4.79 Å². The van der Waals surface area contributed by atoms with Gasteiger partial charge in [-0.1, -0.05) is 12.1 Å². The van der Waals surface area contributed by atoms with Crippen molar-refractivity contribution in [3.63, 3.8) is 0 Å². The number of halogens is 1. The molecule has 1 N–H and O–H groups in total. The second-order valence-electron chi connectivity index (χ2n) is 6.71. The van der Waals surface area contributed by atoms with E-state index in [1.807, 2.05) is 11.9 Å². The Balaban J connectivity index is 1.53. The van der Waals surface area contributed by atoms with E-state index in [2.05, 4.69) is 10.3 Å². The molecule has 27 heavy (non-hydrogen) atoms. The van der Waals surface area contributed by atoms with E-state index in [1.165, 1.54) is 18.3 Å². The first-order valence-corrected chi connectivity index (χ1v) is 10.6. The number of nitrogens with zero attached hydrogens (tertiary/aromatic N) is 2. The van der Waals surface area contributed by atoms with Crippen LogP contribution in [0.1, 0.15) is 22.3 Å². The third-order valence-electron chi connectivity index (χ3n) is 4.74. The van der Waals surface area contributed by atoms with E-state index in [0.717, 1.165) is 5.56 Å². The second kappa shape index (κ2) is 8.04. The van der Waals surface area contributed by atoms with Crippen LogP contribution in [-0.4, -0.2) is 50.4 Å². The van der Waals surface area contributed by atoms with E-state index >= 15 is 0 Å². The quantitative estimate of drug-likeness (QED) is 0.813. The second-order valence-corrected chi connectivity index (χ2v) is 8.93. The van der Waals surface area contributed by atoms with Crippen LogP contribution >= 0.6 is 0 Å². The minimum absolute atomic E-state index is 0.0853. The Hall–Kier alpha value is -2.48. The molecule has 0 saturated carbocycles. The summed E-state index contributed by atoms with van der Waals surface area (Å²) >= 11 is 0. The normalized spacial score (nSPS) is 18.2. The minimum atomic E-state index is -2.96. The van der Waals surface area contributed by atoms with Crippen molar-refractivity contribution in [2.75, 3.05) is 30.0 Å². The molecule has 1 unspecified atom stereocenters. The van der Waals surface area contributed by atoms with E-state index in [-0.39, 0.29) is 29.3 Å². The van der Waals surface area contributed by atoms with E-state index in [4.69, 9.17) is 0 Å². The topological polar surface area (TPSA) is 79.4 Å². The van der Waals surface area contributed by atoms with Gasteiger partial charge in [0.2, 0.25) is 0 Å². The van der Waals surface area contributed by atoms with Crippen LogP contribution in [0.25, 0.3) is 0 Å². The fourth-order valence-electron chi connectivity index (χ4n) is 3.07. The molecule has 144 valence electrons. The average molecular weight is 391 g/mol. The number of nitrogens with one attached hydrogen (secondary N) is 1. The fraction of sp³-hybridized carbons (Fsp3) is 0.368. The van der Waals surface area contributed by atoms with Gasteiger partial charge in [0.1, 0.15) is 11.6 Å². The van der Waals surface area contributed by atoms with Crippen molar-refractivity contribution in [1.82, 2.24) is 10.3 Å². The number of pyridine rings is 1. The monoisotopic (exact) mass is 391 g/mol. The third-order valence-corrected chi connectivity index (χ3v) is 6.49. The van der Waals surface area contributed by atoms with Gasteiger partial charge in [0.05, 0.1) is 17.1 Å². The molecule has 1 aromatic heterocycles. The van der Waals surface area contributed by atoms with Crippen LogP contribution in [0.15, 0.2) is 42.6 Å². The smallest absolute Gasteiger partial charge is 0.252 e. The lowest BCUT2D eigenvalue weighted by molar-refractivity contribution is 0.0954.